The number of nitrogens with one attached hydrogen (secondary N) is 1. The van der Waals surface area contributed by atoms with E-state index >= 15 is 0 Å². The van der Waals surface area contributed by atoms with Gasteiger partial charge in [-0.3, -0.25) is 14.8 Å². The minimum Gasteiger partial charge on any atom is -0.500 e. The fourth-order valence-corrected chi connectivity index (χ4v) is 5.74. The van der Waals surface area contributed by atoms with Crippen LogP contribution in [0.3, 0.4) is 0 Å². The number of H-pyrrole nitrogens is 1. The Hall–Kier alpha value is -4.01. The molecule has 1 N–H and O–H groups in total. The average molecular weight is 518 g/mol. The molecule has 200 valence electrons. The van der Waals surface area contributed by atoms with Gasteiger partial charge in [0.1, 0.15) is 11.5 Å². The molecule has 2 saturated heterocycles. The second-order valence-corrected chi connectivity index (χ2v) is 10.1. The highest BCUT2D eigenvalue weighted by atomic mass is 16.5. The predicted molar refractivity (Wildman–Crippen MR) is 144 cm³/mol. The summed E-state index contributed by atoms with van der Waals surface area (Å²) in [5.41, 5.74) is 3.44. The molecule has 9 nitrogen and oxygen atoms in total. The van der Waals surface area contributed by atoms with Gasteiger partial charge >= 0.3 is 6.03 Å². The van der Waals surface area contributed by atoms with Gasteiger partial charge in [-0.05, 0) is 49.1 Å². The van der Waals surface area contributed by atoms with E-state index in [9.17, 15) is 9.59 Å². The maximum atomic E-state index is 14.1. The van der Waals surface area contributed by atoms with Crippen molar-refractivity contribution >= 4 is 17.5 Å². The van der Waals surface area contributed by atoms with Crippen molar-refractivity contribution in [2.45, 2.75) is 44.7 Å². The van der Waals surface area contributed by atoms with E-state index in [-0.39, 0.29) is 17.5 Å². The highest BCUT2D eigenvalue weighted by Crippen LogP contribution is 2.40. The Morgan fingerprint density at radius 2 is 1.97 bits per heavy atom. The van der Waals surface area contributed by atoms with Gasteiger partial charge in [0.15, 0.2) is 0 Å². The Bertz CT molecular complexity index is 1270. The fraction of sp³-hybridized carbons (Fsp3) is 0.414. The second kappa shape index (κ2) is 10.8. The third kappa shape index (κ3) is 4.92. The zero-order valence-electron chi connectivity index (χ0n) is 22.3. The Labute approximate surface area is 223 Å². The summed E-state index contributed by atoms with van der Waals surface area (Å²) in [7, 11) is 3.34. The van der Waals surface area contributed by atoms with Gasteiger partial charge in [-0.15, -0.1) is 0 Å². The number of rotatable bonds is 6. The van der Waals surface area contributed by atoms with E-state index in [1.165, 1.54) is 0 Å². The summed E-state index contributed by atoms with van der Waals surface area (Å²) in [5.74, 6) is 1.74. The van der Waals surface area contributed by atoms with Crippen molar-refractivity contribution in [3.8, 4) is 5.75 Å². The first-order valence-electron chi connectivity index (χ1n) is 13.1. The molecule has 2 fully saturated rings. The van der Waals surface area contributed by atoms with Crippen LogP contribution < -0.4 is 4.74 Å². The largest absolute Gasteiger partial charge is 0.500 e. The summed E-state index contributed by atoms with van der Waals surface area (Å²) in [6, 6.07) is 7.86. The minimum absolute atomic E-state index is 0.0126. The van der Waals surface area contributed by atoms with Crippen molar-refractivity contribution in [3.05, 3.63) is 77.5 Å². The first kappa shape index (κ1) is 25.6. The van der Waals surface area contributed by atoms with Crippen molar-refractivity contribution in [1.29, 1.82) is 0 Å². The van der Waals surface area contributed by atoms with E-state index in [4.69, 9.17) is 9.47 Å². The lowest BCUT2D eigenvalue weighted by molar-refractivity contribution is -0.131. The van der Waals surface area contributed by atoms with Gasteiger partial charge in [0.2, 0.25) is 5.91 Å². The topological polar surface area (TPSA) is 91.0 Å². The molecule has 3 amide bonds. The summed E-state index contributed by atoms with van der Waals surface area (Å²) in [5, 5.41) is 6.97. The molecule has 0 unspecified atom stereocenters. The Kier molecular flexibility index (Phi) is 7.26. The Morgan fingerprint density at radius 3 is 2.66 bits per heavy atom. The molecule has 0 radical (unpaired) electrons. The molecular weight excluding hydrogens is 482 g/mol. The fourth-order valence-electron chi connectivity index (χ4n) is 5.74. The molecule has 2 aromatic rings. The molecule has 3 aliphatic rings. The number of hydrogen-bond donors (Lipinski definition) is 1. The van der Waals surface area contributed by atoms with Gasteiger partial charge in [0.25, 0.3) is 0 Å². The maximum absolute atomic E-state index is 14.1. The number of carbonyl (C=O) groups is 2. The smallest absolute Gasteiger partial charge is 0.325 e. The number of benzene rings is 1. The monoisotopic (exact) mass is 517 g/mol. The number of allylic oxidation sites excluding steroid dienone is 5. The van der Waals surface area contributed by atoms with Crippen LogP contribution in [0.4, 0.5) is 4.79 Å². The van der Waals surface area contributed by atoms with Gasteiger partial charge in [-0.25, -0.2) is 4.79 Å². The lowest BCUT2D eigenvalue weighted by atomic mass is 9.86. The van der Waals surface area contributed by atoms with E-state index in [0.29, 0.717) is 26.2 Å². The van der Waals surface area contributed by atoms with Crippen LogP contribution in [-0.4, -0.2) is 76.2 Å². The number of urea groups is 1. The van der Waals surface area contributed by atoms with Gasteiger partial charge in [-0.2, -0.15) is 5.10 Å². The molecule has 38 heavy (non-hydrogen) atoms. The van der Waals surface area contributed by atoms with E-state index in [0.717, 1.165) is 59.6 Å². The lowest BCUT2D eigenvalue weighted by Crippen LogP contribution is -2.54. The van der Waals surface area contributed by atoms with Crippen LogP contribution in [0.5, 0.6) is 5.75 Å². The van der Waals surface area contributed by atoms with E-state index < -0.39 is 0 Å². The molecule has 0 atom stereocenters. The normalized spacial score (nSPS) is 21.7. The zero-order valence-corrected chi connectivity index (χ0v) is 22.3. The van der Waals surface area contributed by atoms with Crippen molar-refractivity contribution < 1.29 is 19.1 Å². The molecule has 1 aromatic carbocycles. The highest BCUT2D eigenvalue weighted by Gasteiger charge is 2.51. The number of piperidine rings is 1. The van der Waals surface area contributed by atoms with Gasteiger partial charge < -0.3 is 19.3 Å². The van der Waals surface area contributed by atoms with Crippen LogP contribution in [-0.2, 0) is 16.1 Å². The first-order chi connectivity index (χ1) is 18.4. The quantitative estimate of drug-likeness (QED) is 0.616. The number of amides is 3. The number of methoxy groups -OCH3 is 2. The number of likely N-dealkylation sites (tertiary alicyclic amines) is 1. The van der Waals surface area contributed by atoms with E-state index in [1.807, 2.05) is 57.3 Å². The van der Waals surface area contributed by atoms with Crippen molar-refractivity contribution in [2.24, 2.45) is 0 Å². The molecule has 1 spiro atoms. The molecule has 0 bridgehead atoms. The summed E-state index contributed by atoms with van der Waals surface area (Å²) in [6.07, 6.45) is 12.7. The Morgan fingerprint density at radius 1 is 1.16 bits per heavy atom. The first-order valence-corrected chi connectivity index (χ1v) is 13.1. The predicted octanol–water partition coefficient (Wildman–Crippen LogP) is 4.33. The van der Waals surface area contributed by atoms with Gasteiger partial charge in [0.05, 0.1) is 32.5 Å². The van der Waals surface area contributed by atoms with Crippen molar-refractivity contribution in [2.75, 3.05) is 33.9 Å². The summed E-state index contributed by atoms with van der Waals surface area (Å²) >= 11 is 0. The van der Waals surface area contributed by atoms with E-state index in [1.54, 1.807) is 27.3 Å². The van der Waals surface area contributed by atoms with Gasteiger partial charge in [-0.1, -0.05) is 18.2 Å². The highest BCUT2D eigenvalue weighted by molar-refractivity contribution is 5.82. The van der Waals surface area contributed by atoms with Crippen molar-refractivity contribution in [1.82, 2.24) is 24.9 Å². The van der Waals surface area contributed by atoms with Crippen molar-refractivity contribution in [3.63, 3.8) is 0 Å². The van der Waals surface area contributed by atoms with Crippen LogP contribution in [0.2, 0.25) is 0 Å². The number of nitrogens with zero attached hydrogens (tertiary/aromatic N) is 4. The number of ether oxygens (including phenoxy) is 2. The summed E-state index contributed by atoms with van der Waals surface area (Å²) in [4.78, 5) is 31.9. The van der Waals surface area contributed by atoms with Crippen LogP contribution >= 0.6 is 0 Å². The molecule has 1 aromatic heterocycles. The molecule has 5 rings (SSSR count). The molecule has 3 heterocycles. The molecular formula is C29H35N5O4. The number of aromatic nitrogens is 2. The SMILES string of the molecule is COC1=C(c2cn[nH]c2)/C=C\C(N2CC3(CCN(C(C)=O)CC3)N(Cc3cccc(OC)c3)C2=O)=C/CC1. The number of aromatic amines is 1. The van der Waals surface area contributed by atoms with E-state index in [2.05, 4.69) is 16.3 Å². The molecule has 2 aliphatic heterocycles. The third-order valence-electron chi connectivity index (χ3n) is 7.91. The van der Waals surface area contributed by atoms with Gasteiger partial charge in [0, 0.05) is 56.0 Å². The molecule has 9 heteroatoms. The lowest BCUT2D eigenvalue weighted by Gasteiger charge is -2.43. The van der Waals surface area contributed by atoms with Crippen LogP contribution in [0, 0.1) is 0 Å². The van der Waals surface area contributed by atoms with Crippen LogP contribution in [0.15, 0.2) is 66.3 Å². The average Bonchev–Trinajstić information content (AvgIpc) is 3.53. The third-order valence-corrected chi connectivity index (χ3v) is 7.91. The summed E-state index contributed by atoms with van der Waals surface area (Å²) in [6.45, 7) is 3.97. The minimum atomic E-state index is -0.357. The molecule has 0 saturated carbocycles. The number of carbonyl (C=O) groups excluding carboxylic acids is 2. The molecule has 1 aliphatic carbocycles. The summed E-state index contributed by atoms with van der Waals surface area (Å²) < 4.78 is 11.1. The van der Waals surface area contributed by atoms with Crippen LogP contribution in [0.25, 0.3) is 5.57 Å². The zero-order chi connectivity index (χ0) is 26.7. The number of hydrogen-bond acceptors (Lipinski definition) is 5. The maximum Gasteiger partial charge on any atom is 0.325 e. The standard InChI is InChI=1S/C29H35N5O4/c1-21(35)32-14-12-29(13-15-32)20-33(28(36)34(29)19-22-6-4-8-25(16-22)37-2)24-7-5-9-27(38-3)26(11-10-24)23-17-30-31-18-23/h4,6-8,10-11,16-18H,5,9,12-15,19-20H2,1-3H3,(H,30,31)/b11-10-,24-7+,27-26?. The Balaban J connectivity index is 1.46. The second-order valence-electron chi connectivity index (χ2n) is 10.1. The van der Waals surface area contributed by atoms with Crippen LogP contribution in [0.1, 0.15) is 43.7 Å².